The number of thiazole rings is 1. The molecule has 9 heteroatoms. The number of carbonyl (C=O) groups is 2. The number of hydrogen-bond donors (Lipinski definition) is 1. The number of carbonyl (C=O) groups excluding carboxylic acids is 2. The molecular weight excluding hydrogens is 414 g/mol. The molecule has 2 amide bonds. The van der Waals surface area contributed by atoms with Crippen LogP contribution in [0.2, 0.25) is 0 Å². The first-order valence-electron chi connectivity index (χ1n) is 9.61. The summed E-state index contributed by atoms with van der Waals surface area (Å²) >= 11 is 1.33. The van der Waals surface area contributed by atoms with Crippen LogP contribution in [-0.2, 0) is 20.1 Å². The van der Waals surface area contributed by atoms with Crippen LogP contribution in [-0.4, -0.2) is 38.5 Å². The summed E-state index contributed by atoms with van der Waals surface area (Å²) in [6.45, 7) is 0.691. The van der Waals surface area contributed by atoms with E-state index in [1.54, 1.807) is 53.5 Å². The van der Waals surface area contributed by atoms with Gasteiger partial charge in [-0.2, -0.15) is 5.10 Å². The first-order chi connectivity index (χ1) is 15.0. The highest BCUT2D eigenvalue weighted by Crippen LogP contribution is 2.26. The molecule has 0 aliphatic carbocycles. The van der Waals surface area contributed by atoms with Crippen molar-refractivity contribution in [3.05, 3.63) is 83.0 Å². The summed E-state index contributed by atoms with van der Waals surface area (Å²) < 4.78 is 7.16. The van der Waals surface area contributed by atoms with Gasteiger partial charge in [0.2, 0.25) is 0 Å². The van der Waals surface area contributed by atoms with Gasteiger partial charge in [-0.3, -0.25) is 14.3 Å². The molecule has 0 radical (unpaired) electrons. The maximum absolute atomic E-state index is 13.3. The Balaban J connectivity index is 1.56. The van der Waals surface area contributed by atoms with Gasteiger partial charge in [0.1, 0.15) is 15.6 Å². The number of benzene rings is 1. The first-order valence-corrected chi connectivity index (χ1v) is 10.4. The van der Waals surface area contributed by atoms with Crippen LogP contribution in [0.3, 0.4) is 0 Å². The van der Waals surface area contributed by atoms with Gasteiger partial charge in [0.15, 0.2) is 0 Å². The molecule has 0 aliphatic rings. The molecule has 8 nitrogen and oxygen atoms in total. The van der Waals surface area contributed by atoms with Crippen LogP contribution in [0.15, 0.2) is 65.7 Å². The van der Waals surface area contributed by atoms with Gasteiger partial charge in [-0.25, -0.2) is 4.98 Å². The normalized spacial score (nSPS) is 10.8. The van der Waals surface area contributed by atoms with E-state index in [2.05, 4.69) is 15.4 Å². The molecule has 0 saturated carbocycles. The van der Waals surface area contributed by atoms with Gasteiger partial charge >= 0.3 is 0 Å². The average Bonchev–Trinajstić information content (AvgIpc) is 3.54. The summed E-state index contributed by atoms with van der Waals surface area (Å²) in [7, 11) is 3.43. The molecule has 1 aromatic carbocycles. The lowest BCUT2D eigenvalue weighted by Gasteiger charge is -2.21. The summed E-state index contributed by atoms with van der Waals surface area (Å²) in [4.78, 5) is 31.7. The van der Waals surface area contributed by atoms with Crippen molar-refractivity contribution in [3.8, 4) is 10.6 Å². The zero-order valence-corrected chi connectivity index (χ0v) is 17.9. The Labute approximate surface area is 183 Å². The van der Waals surface area contributed by atoms with Crippen LogP contribution in [0.25, 0.3) is 10.6 Å². The molecule has 3 aromatic heterocycles. The van der Waals surface area contributed by atoms with E-state index in [9.17, 15) is 9.59 Å². The van der Waals surface area contributed by atoms with E-state index in [4.69, 9.17) is 4.42 Å². The zero-order valence-electron chi connectivity index (χ0n) is 17.1. The fourth-order valence-electron chi connectivity index (χ4n) is 3.11. The van der Waals surface area contributed by atoms with Gasteiger partial charge in [0.05, 0.1) is 25.2 Å². The Morgan fingerprint density at radius 1 is 1.16 bits per heavy atom. The largest absolute Gasteiger partial charge is 0.467 e. The average molecular weight is 436 g/mol. The van der Waals surface area contributed by atoms with E-state index < -0.39 is 0 Å². The zero-order chi connectivity index (χ0) is 21.8. The van der Waals surface area contributed by atoms with Crippen molar-refractivity contribution >= 4 is 23.2 Å². The Kier molecular flexibility index (Phi) is 5.94. The van der Waals surface area contributed by atoms with Gasteiger partial charge < -0.3 is 14.6 Å². The molecule has 0 atom stereocenters. The number of nitrogens with one attached hydrogen (secondary N) is 1. The summed E-state index contributed by atoms with van der Waals surface area (Å²) in [6.07, 6.45) is 6.77. The number of aryl methyl sites for hydroxylation is 1. The second kappa shape index (κ2) is 8.97. The van der Waals surface area contributed by atoms with Crippen molar-refractivity contribution in [3.63, 3.8) is 0 Å². The van der Waals surface area contributed by atoms with Gasteiger partial charge in [-0.1, -0.05) is 12.1 Å². The third kappa shape index (κ3) is 4.72. The predicted molar refractivity (Wildman–Crippen MR) is 116 cm³/mol. The van der Waals surface area contributed by atoms with Crippen LogP contribution in [0, 0.1) is 0 Å². The topological polar surface area (TPSA) is 93.3 Å². The van der Waals surface area contributed by atoms with Crippen LogP contribution in [0.4, 0.5) is 0 Å². The monoisotopic (exact) mass is 435 g/mol. The smallest absolute Gasteiger partial charge is 0.266 e. The molecule has 4 rings (SSSR count). The summed E-state index contributed by atoms with van der Waals surface area (Å²) in [5.41, 5.74) is 2.34. The molecule has 0 bridgehead atoms. The number of hydrogen-bond acceptors (Lipinski definition) is 6. The second-order valence-electron chi connectivity index (χ2n) is 6.95. The van der Waals surface area contributed by atoms with E-state index >= 15 is 0 Å². The Morgan fingerprint density at radius 2 is 1.97 bits per heavy atom. The molecule has 4 aromatic rings. The van der Waals surface area contributed by atoms with Gasteiger partial charge in [-0.15, -0.1) is 11.3 Å². The first kappa shape index (κ1) is 20.5. The van der Waals surface area contributed by atoms with Crippen LogP contribution in [0.5, 0.6) is 0 Å². The van der Waals surface area contributed by atoms with Crippen molar-refractivity contribution in [2.24, 2.45) is 7.05 Å². The van der Waals surface area contributed by atoms with Crippen molar-refractivity contribution in [2.75, 3.05) is 7.05 Å². The molecular formula is C22H21N5O3S. The number of amides is 2. The van der Waals surface area contributed by atoms with E-state index in [0.29, 0.717) is 29.3 Å². The Morgan fingerprint density at radius 3 is 2.61 bits per heavy atom. The molecule has 0 fully saturated rings. The molecule has 0 unspecified atom stereocenters. The van der Waals surface area contributed by atoms with E-state index in [-0.39, 0.29) is 11.8 Å². The maximum atomic E-state index is 13.3. The van der Waals surface area contributed by atoms with Crippen molar-refractivity contribution in [1.29, 1.82) is 0 Å². The number of nitrogens with zero attached hydrogens (tertiary/aromatic N) is 4. The summed E-state index contributed by atoms with van der Waals surface area (Å²) in [5.74, 6) is 0.398. The SMILES string of the molecule is CNC(=O)c1ccc(CN(Cc2ccco2)C(=O)c2cnc(-c3cnn(C)c3)s2)cc1. The van der Waals surface area contributed by atoms with E-state index in [1.165, 1.54) is 11.3 Å². The van der Waals surface area contributed by atoms with Crippen molar-refractivity contribution in [1.82, 2.24) is 25.0 Å². The summed E-state index contributed by atoms with van der Waals surface area (Å²) in [6, 6.07) is 10.8. The highest BCUT2D eigenvalue weighted by molar-refractivity contribution is 7.16. The van der Waals surface area contributed by atoms with E-state index in [0.717, 1.165) is 16.1 Å². The number of aromatic nitrogens is 3. The van der Waals surface area contributed by atoms with Crippen LogP contribution < -0.4 is 5.32 Å². The lowest BCUT2D eigenvalue weighted by atomic mass is 10.1. The fourth-order valence-corrected chi connectivity index (χ4v) is 3.97. The highest BCUT2D eigenvalue weighted by atomic mass is 32.1. The highest BCUT2D eigenvalue weighted by Gasteiger charge is 2.21. The maximum Gasteiger partial charge on any atom is 0.266 e. The van der Waals surface area contributed by atoms with Crippen molar-refractivity contribution in [2.45, 2.75) is 13.1 Å². The number of rotatable bonds is 7. The van der Waals surface area contributed by atoms with Crippen LogP contribution in [0.1, 0.15) is 31.4 Å². The third-order valence-electron chi connectivity index (χ3n) is 4.70. The minimum absolute atomic E-state index is 0.139. The van der Waals surface area contributed by atoms with Gasteiger partial charge in [0, 0.05) is 38.0 Å². The lowest BCUT2D eigenvalue weighted by molar-refractivity contribution is 0.0722. The quantitative estimate of drug-likeness (QED) is 0.481. The van der Waals surface area contributed by atoms with Gasteiger partial charge in [-0.05, 0) is 29.8 Å². The molecule has 0 spiro atoms. The Bertz CT molecular complexity index is 1180. The standard InChI is InChI=1S/C22H21N5O3S/c1-23-20(28)16-7-5-15(6-8-16)12-27(14-18-4-3-9-30-18)22(29)19-11-24-21(31-19)17-10-25-26(2)13-17/h3-11,13H,12,14H2,1-2H3,(H,23,28). The predicted octanol–water partition coefficient (Wildman–Crippen LogP) is 3.34. The Hall–Kier alpha value is -3.72. The molecule has 158 valence electrons. The minimum atomic E-state index is -0.150. The molecule has 0 aliphatic heterocycles. The lowest BCUT2D eigenvalue weighted by Crippen LogP contribution is -2.29. The van der Waals surface area contributed by atoms with Crippen molar-refractivity contribution < 1.29 is 14.0 Å². The number of furan rings is 1. The summed E-state index contributed by atoms with van der Waals surface area (Å²) in [5, 5.41) is 7.50. The van der Waals surface area contributed by atoms with E-state index in [1.807, 2.05) is 31.4 Å². The van der Waals surface area contributed by atoms with Crippen LogP contribution >= 0.6 is 11.3 Å². The molecule has 31 heavy (non-hydrogen) atoms. The second-order valence-corrected chi connectivity index (χ2v) is 7.98. The fraction of sp³-hybridized carbons (Fsp3) is 0.182. The third-order valence-corrected chi connectivity index (χ3v) is 5.73. The molecule has 0 saturated heterocycles. The van der Waals surface area contributed by atoms with Gasteiger partial charge in [0.25, 0.3) is 11.8 Å². The minimum Gasteiger partial charge on any atom is -0.467 e. The molecule has 1 N–H and O–H groups in total. The molecule has 3 heterocycles.